The summed E-state index contributed by atoms with van der Waals surface area (Å²) in [4.78, 5) is 5.20. The molecule has 6 aromatic carbocycles. The van der Waals surface area contributed by atoms with Crippen LogP contribution in [0.25, 0.3) is 61.1 Å². The Morgan fingerprint density at radius 2 is 1.03 bits per heavy atom. The van der Waals surface area contributed by atoms with Gasteiger partial charge in [0.05, 0.1) is 16.7 Å². The van der Waals surface area contributed by atoms with Gasteiger partial charge in [-0.25, -0.2) is 4.98 Å². The molecule has 0 aliphatic heterocycles. The standard InChI is InChI=1S/C35H24N2/c1-3-11-25(12-4-1)28-17-9-18-30(23-28)35-36-32-22-21-29(26-13-5-2-6-14-26)24-34(32)37(35)33-20-10-16-27-15-7-8-19-31(27)33/h1-24H. The van der Waals surface area contributed by atoms with E-state index in [0.717, 1.165) is 28.1 Å². The summed E-state index contributed by atoms with van der Waals surface area (Å²) in [5, 5.41) is 2.42. The fourth-order valence-electron chi connectivity index (χ4n) is 5.19. The Kier molecular flexibility index (Phi) is 5.15. The normalized spacial score (nSPS) is 11.2. The third-order valence-corrected chi connectivity index (χ3v) is 7.00. The molecule has 7 rings (SSSR count). The molecule has 0 amide bonds. The maximum atomic E-state index is 5.20. The number of imidazole rings is 1. The molecule has 0 saturated carbocycles. The van der Waals surface area contributed by atoms with Gasteiger partial charge in [0.1, 0.15) is 5.82 Å². The highest BCUT2D eigenvalue weighted by atomic mass is 15.1. The number of nitrogens with zero attached hydrogens (tertiary/aromatic N) is 2. The van der Waals surface area contributed by atoms with Crippen molar-refractivity contribution in [2.24, 2.45) is 0 Å². The molecule has 0 N–H and O–H groups in total. The Morgan fingerprint density at radius 1 is 0.432 bits per heavy atom. The molecule has 2 heteroatoms. The first kappa shape index (κ1) is 21.3. The second kappa shape index (κ2) is 8.92. The summed E-state index contributed by atoms with van der Waals surface area (Å²) in [6, 6.07) is 51.4. The Morgan fingerprint density at radius 3 is 1.81 bits per heavy atom. The Labute approximate surface area is 216 Å². The van der Waals surface area contributed by atoms with Gasteiger partial charge in [-0.15, -0.1) is 0 Å². The molecule has 1 heterocycles. The number of aromatic nitrogens is 2. The minimum Gasteiger partial charge on any atom is -0.292 e. The van der Waals surface area contributed by atoms with Crippen molar-refractivity contribution in [2.75, 3.05) is 0 Å². The molecule has 0 radical (unpaired) electrons. The number of hydrogen-bond donors (Lipinski definition) is 0. The van der Waals surface area contributed by atoms with Crippen LogP contribution in [0.15, 0.2) is 146 Å². The maximum Gasteiger partial charge on any atom is 0.145 e. The summed E-state index contributed by atoms with van der Waals surface area (Å²) in [5.74, 6) is 0.939. The molecule has 1 aromatic heterocycles. The van der Waals surface area contributed by atoms with Crippen LogP contribution in [-0.2, 0) is 0 Å². The highest BCUT2D eigenvalue weighted by Crippen LogP contribution is 2.35. The Bertz CT molecular complexity index is 1860. The molecular weight excluding hydrogens is 448 g/mol. The van der Waals surface area contributed by atoms with Gasteiger partial charge in [-0.1, -0.05) is 121 Å². The van der Waals surface area contributed by atoms with Crippen LogP contribution in [0.1, 0.15) is 0 Å². The van der Waals surface area contributed by atoms with Crippen LogP contribution in [0, 0.1) is 0 Å². The minimum atomic E-state index is 0.939. The molecule has 0 aliphatic carbocycles. The molecule has 174 valence electrons. The first-order valence-corrected chi connectivity index (χ1v) is 12.6. The van der Waals surface area contributed by atoms with Crippen LogP contribution >= 0.6 is 0 Å². The van der Waals surface area contributed by atoms with Gasteiger partial charge in [-0.05, 0) is 51.9 Å². The Hall–Kier alpha value is -4.95. The van der Waals surface area contributed by atoms with Gasteiger partial charge in [0.15, 0.2) is 0 Å². The van der Waals surface area contributed by atoms with Gasteiger partial charge < -0.3 is 0 Å². The lowest BCUT2D eigenvalue weighted by Gasteiger charge is -2.14. The predicted molar refractivity (Wildman–Crippen MR) is 155 cm³/mol. The van der Waals surface area contributed by atoms with Crippen LogP contribution in [-0.4, -0.2) is 9.55 Å². The average Bonchev–Trinajstić information content (AvgIpc) is 3.36. The van der Waals surface area contributed by atoms with Crippen molar-refractivity contribution < 1.29 is 0 Å². The maximum absolute atomic E-state index is 5.20. The zero-order valence-electron chi connectivity index (χ0n) is 20.3. The molecule has 0 unspecified atom stereocenters. The van der Waals surface area contributed by atoms with Crippen molar-refractivity contribution in [3.8, 4) is 39.3 Å². The van der Waals surface area contributed by atoms with E-state index in [1.807, 2.05) is 0 Å². The quantitative estimate of drug-likeness (QED) is 0.250. The highest BCUT2D eigenvalue weighted by Gasteiger charge is 2.17. The van der Waals surface area contributed by atoms with E-state index in [-0.39, 0.29) is 0 Å². The molecule has 0 atom stereocenters. The molecule has 0 fully saturated rings. The number of hydrogen-bond acceptors (Lipinski definition) is 1. The third kappa shape index (κ3) is 3.80. The van der Waals surface area contributed by atoms with E-state index in [0.29, 0.717) is 0 Å². The van der Waals surface area contributed by atoms with Crippen LogP contribution < -0.4 is 0 Å². The first-order valence-electron chi connectivity index (χ1n) is 12.6. The van der Waals surface area contributed by atoms with E-state index in [4.69, 9.17) is 4.98 Å². The van der Waals surface area contributed by atoms with E-state index in [2.05, 4.69) is 150 Å². The smallest absolute Gasteiger partial charge is 0.145 e. The lowest BCUT2D eigenvalue weighted by molar-refractivity contribution is 1.12. The van der Waals surface area contributed by atoms with E-state index < -0.39 is 0 Å². The van der Waals surface area contributed by atoms with E-state index >= 15 is 0 Å². The van der Waals surface area contributed by atoms with E-state index in [9.17, 15) is 0 Å². The summed E-state index contributed by atoms with van der Waals surface area (Å²) in [7, 11) is 0. The summed E-state index contributed by atoms with van der Waals surface area (Å²) in [6.07, 6.45) is 0. The second-order valence-corrected chi connectivity index (χ2v) is 9.29. The molecule has 2 nitrogen and oxygen atoms in total. The predicted octanol–water partition coefficient (Wildman–Crippen LogP) is 9.18. The summed E-state index contributed by atoms with van der Waals surface area (Å²) in [6.45, 7) is 0. The van der Waals surface area contributed by atoms with Gasteiger partial charge in [0.2, 0.25) is 0 Å². The summed E-state index contributed by atoms with van der Waals surface area (Å²) >= 11 is 0. The monoisotopic (exact) mass is 472 g/mol. The number of benzene rings is 6. The Balaban J connectivity index is 1.52. The summed E-state index contributed by atoms with van der Waals surface area (Å²) in [5.41, 5.74) is 9.05. The van der Waals surface area contributed by atoms with Crippen molar-refractivity contribution in [3.05, 3.63) is 146 Å². The largest absolute Gasteiger partial charge is 0.292 e. The van der Waals surface area contributed by atoms with Crippen LogP contribution in [0.2, 0.25) is 0 Å². The van der Waals surface area contributed by atoms with Gasteiger partial charge in [-0.3, -0.25) is 4.57 Å². The number of fused-ring (bicyclic) bond motifs is 2. The average molecular weight is 473 g/mol. The molecule has 37 heavy (non-hydrogen) atoms. The van der Waals surface area contributed by atoms with Crippen LogP contribution in [0.5, 0.6) is 0 Å². The topological polar surface area (TPSA) is 17.8 Å². The molecule has 0 saturated heterocycles. The first-order chi connectivity index (χ1) is 18.3. The van der Waals surface area contributed by atoms with Gasteiger partial charge in [0.25, 0.3) is 0 Å². The fraction of sp³-hybridized carbons (Fsp3) is 0. The molecule has 0 aliphatic rings. The summed E-state index contributed by atoms with van der Waals surface area (Å²) < 4.78 is 2.33. The van der Waals surface area contributed by atoms with Crippen LogP contribution in [0.4, 0.5) is 0 Å². The molecule has 0 bridgehead atoms. The lowest BCUT2D eigenvalue weighted by Crippen LogP contribution is -1.99. The fourth-order valence-corrected chi connectivity index (χ4v) is 5.19. The van der Waals surface area contributed by atoms with E-state index in [1.165, 1.54) is 33.0 Å². The highest BCUT2D eigenvalue weighted by molar-refractivity contribution is 5.95. The number of rotatable bonds is 4. The van der Waals surface area contributed by atoms with Crippen molar-refractivity contribution in [2.45, 2.75) is 0 Å². The van der Waals surface area contributed by atoms with Gasteiger partial charge >= 0.3 is 0 Å². The zero-order valence-corrected chi connectivity index (χ0v) is 20.3. The van der Waals surface area contributed by atoms with Gasteiger partial charge in [0, 0.05) is 10.9 Å². The molecular formula is C35H24N2. The van der Waals surface area contributed by atoms with Gasteiger partial charge in [-0.2, -0.15) is 0 Å². The zero-order chi connectivity index (χ0) is 24.6. The molecule has 7 aromatic rings. The SMILES string of the molecule is c1ccc(-c2cccc(-c3nc4ccc(-c5ccccc5)cc4n3-c3cccc4ccccc34)c2)cc1. The lowest BCUT2D eigenvalue weighted by atomic mass is 10.0. The van der Waals surface area contributed by atoms with Crippen molar-refractivity contribution in [1.29, 1.82) is 0 Å². The minimum absolute atomic E-state index is 0.939. The second-order valence-electron chi connectivity index (χ2n) is 9.29. The van der Waals surface area contributed by atoms with E-state index in [1.54, 1.807) is 0 Å². The molecule has 0 spiro atoms. The van der Waals surface area contributed by atoms with Crippen LogP contribution in [0.3, 0.4) is 0 Å². The van der Waals surface area contributed by atoms with Crippen molar-refractivity contribution >= 4 is 21.8 Å². The van der Waals surface area contributed by atoms with Crippen molar-refractivity contribution in [1.82, 2.24) is 9.55 Å². The van der Waals surface area contributed by atoms with Crippen molar-refractivity contribution in [3.63, 3.8) is 0 Å². The third-order valence-electron chi connectivity index (χ3n) is 7.00.